The molecule has 0 saturated heterocycles. The summed E-state index contributed by atoms with van der Waals surface area (Å²) >= 11 is 1.59. The standard InChI is InChI=1S/C20H20N2O3S/c1-11-10-26-20(21-11)15-5-7-16(8-6-15)25-9-17(24)19-12(2)18(14(4)23)13(3)22-19/h5-8,10,22H,9H2,1-4H3. The molecule has 0 aliphatic rings. The van der Waals surface area contributed by atoms with Gasteiger partial charge in [0.1, 0.15) is 10.8 Å². The average Bonchev–Trinajstić information content (AvgIpc) is 3.16. The minimum absolute atomic E-state index is 0.0516. The Morgan fingerprint density at radius 1 is 1.15 bits per heavy atom. The van der Waals surface area contributed by atoms with E-state index in [-0.39, 0.29) is 18.2 Å². The zero-order chi connectivity index (χ0) is 18.8. The van der Waals surface area contributed by atoms with Crippen molar-refractivity contribution in [3.8, 4) is 16.3 Å². The third kappa shape index (κ3) is 3.60. The lowest BCUT2D eigenvalue weighted by molar-refractivity contribution is 0.0916. The molecule has 0 saturated carbocycles. The average molecular weight is 368 g/mol. The van der Waals surface area contributed by atoms with E-state index in [2.05, 4.69) is 9.97 Å². The number of carbonyl (C=O) groups excluding carboxylic acids is 2. The molecule has 134 valence electrons. The number of aryl methyl sites for hydroxylation is 2. The van der Waals surface area contributed by atoms with Crippen molar-refractivity contribution >= 4 is 22.9 Å². The number of aromatic nitrogens is 2. The molecular formula is C20H20N2O3S. The highest BCUT2D eigenvalue weighted by atomic mass is 32.1. The molecule has 0 radical (unpaired) electrons. The van der Waals surface area contributed by atoms with E-state index < -0.39 is 0 Å². The maximum atomic E-state index is 12.4. The van der Waals surface area contributed by atoms with Crippen LogP contribution < -0.4 is 4.74 Å². The van der Waals surface area contributed by atoms with Crippen LogP contribution in [0.1, 0.15) is 44.7 Å². The Kier molecular flexibility index (Phi) is 5.04. The first-order valence-corrected chi connectivity index (χ1v) is 9.13. The van der Waals surface area contributed by atoms with Crippen LogP contribution in [0.5, 0.6) is 5.75 Å². The van der Waals surface area contributed by atoms with Crippen LogP contribution in [0.2, 0.25) is 0 Å². The maximum absolute atomic E-state index is 12.4. The van der Waals surface area contributed by atoms with Crippen LogP contribution in [-0.2, 0) is 0 Å². The van der Waals surface area contributed by atoms with E-state index in [1.807, 2.05) is 36.6 Å². The molecule has 2 heterocycles. The minimum Gasteiger partial charge on any atom is -0.485 e. The summed E-state index contributed by atoms with van der Waals surface area (Å²) in [5.74, 6) is 0.380. The molecule has 2 aromatic heterocycles. The fourth-order valence-electron chi connectivity index (χ4n) is 2.96. The van der Waals surface area contributed by atoms with Gasteiger partial charge in [0.05, 0.1) is 5.69 Å². The molecule has 5 nitrogen and oxygen atoms in total. The second-order valence-electron chi connectivity index (χ2n) is 6.21. The van der Waals surface area contributed by atoms with Crippen molar-refractivity contribution in [3.63, 3.8) is 0 Å². The Balaban J connectivity index is 1.68. The number of ether oxygens (including phenoxy) is 1. The highest BCUT2D eigenvalue weighted by Gasteiger charge is 2.20. The summed E-state index contributed by atoms with van der Waals surface area (Å²) in [7, 11) is 0. The number of nitrogens with one attached hydrogen (secondary N) is 1. The van der Waals surface area contributed by atoms with Crippen molar-refractivity contribution < 1.29 is 14.3 Å². The quantitative estimate of drug-likeness (QED) is 0.649. The fraction of sp³-hybridized carbons (Fsp3) is 0.250. The number of thiazole rings is 1. The zero-order valence-electron chi connectivity index (χ0n) is 15.2. The first kappa shape index (κ1) is 18.1. The summed E-state index contributed by atoms with van der Waals surface area (Å²) in [5.41, 5.74) is 4.42. The van der Waals surface area contributed by atoms with E-state index in [0.29, 0.717) is 28.3 Å². The Bertz CT molecular complexity index is 968. The van der Waals surface area contributed by atoms with Crippen LogP contribution in [-0.4, -0.2) is 28.1 Å². The van der Waals surface area contributed by atoms with Crippen LogP contribution in [0.15, 0.2) is 29.6 Å². The third-order valence-corrected chi connectivity index (χ3v) is 5.17. The highest BCUT2D eigenvalue weighted by Crippen LogP contribution is 2.26. The van der Waals surface area contributed by atoms with Crippen LogP contribution in [0, 0.1) is 20.8 Å². The number of ketones is 2. The maximum Gasteiger partial charge on any atom is 0.216 e. The molecule has 0 spiro atoms. The highest BCUT2D eigenvalue weighted by molar-refractivity contribution is 7.13. The lowest BCUT2D eigenvalue weighted by atomic mass is 10.1. The fourth-order valence-corrected chi connectivity index (χ4v) is 3.76. The van der Waals surface area contributed by atoms with E-state index in [9.17, 15) is 9.59 Å². The smallest absolute Gasteiger partial charge is 0.216 e. The van der Waals surface area contributed by atoms with E-state index in [0.717, 1.165) is 16.3 Å². The van der Waals surface area contributed by atoms with Gasteiger partial charge in [-0.3, -0.25) is 9.59 Å². The molecule has 0 unspecified atom stereocenters. The molecule has 0 aliphatic carbocycles. The zero-order valence-corrected chi connectivity index (χ0v) is 16.0. The molecule has 3 rings (SSSR count). The van der Waals surface area contributed by atoms with Crippen molar-refractivity contribution in [2.45, 2.75) is 27.7 Å². The normalized spacial score (nSPS) is 10.8. The summed E-state index contributed by atoms with van der Waals surface area (Å²) in [5, 5.41) is 2.97. The van der Waals surface area contributed by atoms with Crippen molar-refractivity contribution in [3.05, 3.63) is 57.9 Å². The van der Waals surface area contributed by atoms with Gasteiger partial charge >= 0.3 is 0 Å². The number of benzene rings is 1. The molecule has 1 aromatic carbocycles. The molecule has 0 amide bonds. The number of Topliss-reactive ketones (excluding diaryl/α,β-unsaturated/α-hetero) is 2. The van der Waals surface area contributed by atoms with Crippen LogP contribution >= 0.6 is 11.3 Å². The van der Waals surface area contributed by atoms with Gasteiger partial charge in [0.25, 0.3) is 0 Å². The summed E-state index contributed by atoms with van der Waals surface area (Å²) in [6.45, 7) is 6.94. The summed E-state index contributed by atoms with van der Waals surface area (Å²) < 4.78 is 5.61. The molecule has 26 heavy (non-hydrogen) atoms. The predicted octanol–water partition coefficient (Wildman–Crippen LogP) is 4.53. The first-order valence-electron chi connectivity index (χ1n) is 8.25. The van der Waals surface area contributed by atoms with Gasteiger partial charge in [-0.15, -0.1) is 11.3 Å². The summed E-state index contributed by atoms with van der Waals surface area (Å²) in [6, 6.07) is 7.51. The van der Waals surface area contributed by atoms with Crippen molar-refractivity contribution in [1.82, 2.24) is 9.97 Å². The number of rotatable bonds is 6. The van der Waals surface area contributed by atoms with Crippen molar-refractivity contribution in [2.75, 3.05) is 6.61 Å². The van der Waals surface area contributed by atoms with Crippen LogP contribution in [0.3, 0.4) is 0 Å². The van der Waals surface area contributed by atoms with Gasteiger partial charge in [0.2, 0.25) is 5.78 Å². The van der Waals surface area contributed by atoms with E-state index in [4.69, 9.17) is 4.74 Å². The van der Waals surface area contributed by atoms with Gasteiger partial charge in [0, 0.05) is 27.9 Å². The van der Waals surface area contributed by atoms with E-state index >= 15 is 0 Å². The van der Waals surface area contributed by atoms with Gasteiger partial charge in [-0.1, -0.05) is 0 Å². The molecule has 0 fully saturated rings. The van der Waals surface area contributed by atoms with Crippen molar-refractivity contribution in [2.24, 2.45) is 0 Å². The second kappa shape index (κ2) is 7.25. The number of H-pyrrole nitrogens is 1. The molecule has 6 heteroatoms. The summed E-state index contributed by atoms with van der Waals surface area (Å²) in [6.07, 6.45) is 0. The predicted molar refractivity (Wildman–Crippen MR) is 102 cm³/mol. The summed E-state index contributed by atoms with van der Waals surface area (Å²) in [4.78, 5) is 31.6. The number of nitrogens with zero attached hydrogens (tertiary/aromatic N) is 1. The molecule has 0 atom stereocenters. The minimum atomic E-state index is -0.183. The monoisotopic (exact) mass is 368 g/mol. The second-order valence-corrected chi connectivity index (χ2v) is 7.07. The van der Waals surface area contributed by atoms with Gasteiger partial charge in [-0.25, -0.2) is 4.98 Å². The molecular weight excluding hydrogens is 348 g/mol. The Morgan fingerprint density at radius 2 is 1.85 bits per heavy atom. The lowest BCUT2D eigenvalue weighted by Crippen LogP contribution is -2.13. The Morgan fingerprint density at radius 3 is 2.38 bits per heavy atom. The molecule has 0 bridgehead atoms. The molecule has 0 aliphatic heterocycles. The topological polar surface area (TPSA) is 72.0 Å². The largest absolute Gasteiger partial charge is 0.485 e. The Hall–Kier alpha value is -2.73. The van der Waals surface area contributed by atoms with Gasteiger partial charge in [-0.05, 0) is 57.5 Å². The Labute approximate surface area is 156 Å². The van der Waals surface area contributed by atoms with Crippen molar-refractivity contribution in [1.29, 1.82) is 0 Å². The lowest BCUT2D eigenvalue weighted by Gasteiger charge is -2.06. The van der Waals surface area contributed by atoms with Gasteiger partial charge in [0.15, 0.2) is 12.4 Å². The number of carbonyl (C=O) groups is 2. The van der Waals surface area contributed by atoms with E-state index in [1.165, 1.54) is 6.92 Å². The molecule has 1 N–H and O–H groups in total. The third-order valence-electron chi connectivity index (χ3n) is 4.16. The van der Waals surface area contributed by atoms with Crippen LogP contribution in [0.25, 0.3) is 10.6 Å². The first-order chi connectivity index (χ1) is 12.4. The van der Waals surface area contributed by atoms with Crippen LogP contribution in [0.4, 0.5) is 0 Å². The number of aromatic amines is 1. The number of hydrogen-bond donors (Lipinski definition) is 1. The van der Waals surface area contributed by atoms with Gasteiger partial charge < -0.3 is 9.72 Å². The number of hydrogen-bond acceptors (Lipinski definition) is 5. The van der Waals surface area contributed by atoms with Gasteiger partial charge in [-0.2, -0.15) is 0 Å². The molecule has 3 aromatic rings. The SMILES string of the molecule is CC(=O)c1c(C)[nH]c(C(=O)COc2ccc(-c3nc(C)cs3)cc2)c1C. The van der Waals surface area contributed by atoms with E-state index in [1.54, 1.807) is 25.2 Å².